The molecule has 0 bridgehead atoms. The third-order valence-corrected chi connectivity index (χ3v) is 5.69. The van der Waals surface area contributed by atoms with Crippen LogP contribution >= 0.6 is 11.3 Å². The van der Waals surface area contributed by atoms with Crippen molar-refractivity contribution in [1.29, 1.82) is 0 Å². The molecule has 1 aliphatic heterocycles. The fourth-order valence-electron chi connectivity index (χ4n) is 3.78. The molecule has 1 aromatic carbocycles. The average molecular weight is 327 g/mol. The van der Waals surface area contributed by atoms with Crippen molar-refractivity contribution in [3.05, 3.63) is 29.1 Å². The number of carbonyl (C=O) groups excluding carboxylic acids is 1. The molecule has 0 saturated heterocycles. The second-order valence-electron chi connectivity index (χ2n) is 6.49. The van der Waals surface area contributed by atoms with Gasteiger partial charge in [0.15, 0.2) is 5.13 Å². The highest BCUT2D eigenvalue weighted by atomic mass is 32.1. The molecule has 1 fully saturated rings. The summed E-state index contributed by atoms with van der Waals surface area (Å²) in [5.41, 5.74) is 10.1. The Balaban J connectivity index is 1.58. The van der Waals surface area contributed by atoms with E-state index >= 15 is 0 Å². The number of aromatic nitrogens is 1. The molecular formula is C18H21N3OS. The Bertz CT molecular complexity index is 734. The van der Waals surface area contributed by atoms with Crippen molar-refractivity contribution in [3.63, 3.8) is 0 Å². The quantitative estimate of drug-likeness (QED) is 0.911. The summed E-state index contributed by atoms with van der Waals surface area (Å²) in [6, 6.07) is 6.30. The van der Waals surface area contributed by atoms with Gasteiger partial charge < -0.3 is 10.6 Å². The largest absolute Gasteiger partial charge is 0.375 e. The number of carbonyl (C=O) groups is 1. The molecule has 1 saturated carbocycles. The van der Waals surface area contributed by atoms with Crippen molar-refractivity contribution in [3.8, 4) is 11.3 Å². The molecule has 1 aromatic heterocycles. The van der Waals surface area contributed by atoms with Crippen LogP contribution < -0.4 is 10.6 Å². The van der Waals surface area contributed by atoms with E-state index in [1.54, 1.807) is 0 Å². The number of rotatable bonds is 2. The SMILES string of the molecule is Nc1nc(-c2ccc3c(c2)CCN3C(=O)C2CCCCC2)cs1. The van der Waals surface area contributed by atoms with Gasteiger partial charge in [-0.25, -0.2) is 4.98 Å². The van der Waals surface area contributed by atoms with Gasteiger partial charge in [0.2, 0.25) is 5.91 Å². The lowest BCUT2D eigenvalue weighted by molar-refractivity contribution is -0.123. The fourth-order valence-corrected chi connectivity index (χ4v) is 4.35. The van der Waals surface area contributed by atoms with Crippen LogP contribution in [0.3, 0.4) is 0 Å². The first-order valence-electron chi connectivity index (χ1n) is 8.38. The number of amides is 1. The first kappa shape index (κ1) is 14.7. The summed E-state index contributed by atoms with van der Waals surface area (Å²) in [5, 5.41) is 2.58. The van der Waals surface area contributed by atoms with Crippen molar-refractivity contribution in [2.45, 2.75) is 38.5 Å². The second-order valence-corrected chi connectivity index (χ2v) is 7.38. The normalized spacial score (nSPS) is 18.2. The monoisotopic (exact) mass is 327 g/mol. The summed E-state index contributed by atoms with van der Waals surface area (Å²) in [5.74, 6) is 0.557. The number of nitrogens with two attached hydrogens (primary N) is 1. The molecule has 2 N–H and O–H groups in total. The zero-order chi connectivity index (χ0) is 15.8. The van der Waals surface area contributed by atoms with Crippen LogP contribution in [0, 0.1) is 5.92 Å². The van der Waals surface area contributed by atoms with Gasteiger partial charge in [-0.15, -0.1) is 11.3 Å². The van der Waals surface area contributed by atoms with Crippen LogP contribution in [0.2, 0.25) is 0 Å². The lowest BCUT2D eigenvalue weighted by atomic mass is 9.88. The molecule has 23 heavy (non-hydrogen) atoms. The molecule has 2 aliphatic rings. The van der Waals surface area contributed by atoms with Crippen LogP contribution in [0.25, 0.3) is 11.3 Å². The molecule has 5 heteroatoms. The first-order valence-corrected chi connectivity index (χ1v) is 9.26. The number of benzene rings is 1. The van der Waals surface area contributed by atoms with Crippen LogP contribution in [0.5, 0.6) is 0 Å². The average Bonchev–Trinajstić information content (AvgIpc) is 3.20. The molecule has 120 valence electrons. The molecule has 2 heterocycles. The summed E-state index contributed by atoms with van der Waals surface area (Å²) >= 11 is 1.46. The van der Waals surface area contributed by atoms with Gasteiger partial charge in [0.05, 0.1) is 5.69 Å². The van der Waals surface area contributed by atoms with Gasteiger partial charge in [0.25, 0.3) is 0 Å². The lowest BCUT2D eigenvalue weighted by Gasteiger charge is -2.26. The number of fused-ring (bicyclic) bond motifs is 1. The maximum Gasteiger partial charge on any atom is 0.230 e. The summed E-state index contributed by atoms with van der Waals surface area (Å²) < 4.78 is 0. The van der Waals surface area contributed by atoms with E-state index in [2.05, 4.69) is 23.2 Å². The van der Waals surface area contributed by atoms with E-state index < -0.39 is 0 Å². The van der Waals surface area contributed by atoms with Crippen molar-refractivity contribution in [2.75, 3.05) is 17.2 Å². The molecule has 0 spiro atoms. The molecule has 0 unspecified atom stereocenters. The Morgan fingerprint density at radius 3 is 2.83 bits per heavy atom. The maximum atomic E-state index is 12.8. The van der Waals surface area contributed by atoms with Gasteiger partial charge in [-0.3, -0.25) is 4.79 Å². The topological polar surface area (TPSA) is 59.2 Å². The van der Waals surface area contributed by atoms with E-state index in [9.17, 15) is 4.79 Å². The number of anilines is 2. The zero-order valence-electron chi connectivity index (χ0n) is 13.1. The van der Waals surface area contributed by atoms with E-state index in [1.165, 1.54) is 36.2 Å². The smallest absolute Gasteiger partial charge is 0.230 e. The summed E-state index contributed by atoms with van der Waals surface area (Å²) in [6.07, 6.45) is 6.71. The standard InChI is InChI=1S/C18H21N3OS/c19-18-20-15(11-23-18)13-6-7-16-14(10-13)8-9-21(16)17(22)12-4-2-1-3-5-12/h6-7,10-12H,1-5,8-9H2,(H2,19,20). The van der Waals surface area contributed by atoms with Gasteiger partial charge in [-0.2, -0.15) is 0 Å². The van der Waals surface area contributed by atoms with E-state index in [0.717, 1.165) is 42.8 Å². The molecule has 2 aromatic rings. The minimum atomic E-state index is 0.229. The minimum absolute atomic E-state index is 0.229. The molecule has 0 atom stereocenters. The summed E-state index contributed by atoms with van der Waals surface area (Å²) in [6.45, 7) is 0.813. The van der Waals surface area contributed by atoms with Gasteiger partial charge >= 0.3 is 0 Å². The minimum Gasteiger partial charge on any atom is -0.375 e. The summed E-state index contributed by atoms with van der Waals surface area (Å²) in [7, 11) is 0. The van der Waals surface area contributed by atoms with Crippen LogP contribution in [-0.2, 0) is 11.2 Å². The Kier molecular flexibility index (Phi) is 3.81. The predicted molar refractivity (Wildman–Crippen MR) is 94.6 cm³/mol. The van der Waals surface area contributed by atoms with E-state index in [-0.39, 0.29) is 5.92 Å². The van der Waals surface area contributed by atoms with Gasteiger partial charge in [-0.05, 0) is 37.0 Å². The van der Waals surface area contributed by atoms with Crippen LogP contribution in [-0.4, -0.2) is 17.4 Å². The maximum absolute atomic E-state index is 12.8. The number of hydrogen-bond acceptors (Lipinski definition) is 4. The highest BCUT2D eigenvalue weighted by molar-refractivity contribution is 7.13. The third-order valence-electron chi connectivity index (χ3n) is 5.01. The lowest BCUT2D eigenvalue weighted by Crippen LogP contribution is -2.35. The Labute approximate surface area is 140 Å². The predicted octanol–water partition coefficient (Wildman–Crippen LogP) is 3.86. The Morgan fingerprint density at radius 1 is 1.26 bits per heavy atom. The molecule has 4 rings (SSSR count). The molecular weight excluding hydrogens is 306 g/mol. The van der Waals surface area contributed by atoms with Gasteiger partial charge in [-0.1, -0.05) is 25.3 Å². The van der Waals surface area contributed by atoms with Gasteiger partial charge in [0.1, 0.15) is 0 Å². The highest BCUT2D eigenvalue weighted by Gasteiger charge is 2.31. The molecule has 0 radical (unpaired) electrons. The van der Waals surface area contributed by atoms with E-state index in [4.69, 9.17) is 5.73 Å². The summed E-state index contributed by atoms with van der Waals surface area (Å²) in [4.78, 5) is 19.2. The number of nitrogens with zero attached hydrogens (tertiary/aromatic N) is 2. The second kappa shape index (κ2) is 5.96. The Hall–Kier alpha value is -1.88. The third kappa shape index (κ3) is 2.74. The zero-order valence-corrected chi connectivity index (χ0v) is 13.9. The van der Waals surface area contributed by atoms with E-state index in [1.807, 2.05) is 10.3 Å². The van der Waals surface area contributed by atoms with Crippen molar-refractivity contribution in [1.82, 2.24) is 4.98 Å². The number of hydrogen-bond donors (Lipinski definition) is 1. The molecule has 1 aliphatic carbocycles. The Morgan fingerprint density at radius 2 is 2.09 bits per heavy atom. The van der Waals surface area contributed by atoms with Crippen molar-refractivity contribution < 1.29 is 4.79 Å². The van der Waals surface area contributed by atoms with Crippen molar-refractivity contribution in [2.24, 2.45) is 5.92 Å². The molecule has 4 nitrogen and oxygen atoms in total. The van der Waals surface area contributed by atoms with Crippen LogP contribution in [0.1, 0.15) is 37.7 Å². The van der Waals surface area contributed by atoms with Crippen LogP contribution in [0.4, 0.5) is 10.8 Å². The number of thiazole rings is 1. The van der Waals surface area contributed by atoms with Crippen molar-refractivity contribution >= 4 is 28.1 Å². The first-order chi connectivity index (χ1) is 11.2. The van der Waals surface area contributed by atoms with Gasteiger partial charge in [0, 0.05) is 29.1 Å². The fraction of sp³-hybridized carbons (Fsp3) is 0.444. The van der Waals surface area contributed by atoms with Crippen LogP contribution in [0.15, 0.2) is 23.6 Å². The van der Waals surface area contributed by atoms with E-state index in [0.29, 0.717) is 11.0 Å². The highest BCUT2D eigenvalue weighted by Crippen LogP contribution is 2.35. The molecule has 1 amide bonds. The number of nitrogen functional groups attached to an aromatic ring is 1.